The normalized spacial score (nSPS) is 12.2. The van der Waals surface area contributed by atoms with E-state index >= 15 is 0 Å². The molecule has 0 amide bonds. The van der Waals surface area contributed by atoms with Gasteiger partial charge in [0.2, 0.25) is 0 Å². The Morgan fingerprint density at radius 3 is 2.52 bits per heavy atom. The highest BCUT2D eigenvalue weighted by atomic mass is 35.5. The first-order valence-corrected chi connectivity index (χ1v) is 7.04. The summed E-state index contributed by atoms with van der Waals surface area (Å²) in [6.45, 7) is 4.75. The van der Waals surface area contributed by atoms with Crippen LogP contribution in [0, 0.1) is 11.6 Å². The van der Waals surface area contributed by atoms with Gasteiger partial charge in [0.25, 0.3) is 0 Å². The van der Waals surface area contributed by atoms with E-state index in [1.807, 2.05) is 13.8 Å². The maximum atomic E-state index is 14.1. The quantitative estimate of drug-likeness (QED) is 0.831. The highest BCUT2D eigenvalue weighted by molar-refractivity contribution is 6.30. The number of benzene rings is 2. The monoisotopic (exact) mass is 311 g/mol. The van der Waals surface area contributed by atoms with E-state index < -0.39 is 11.6 Å². The molecule has 0 spiro atoms. The van der Waals surface area contributed by atoms with E-state index in [0.29, 0.717) is 0 Å². The lowest BCUT2D eigenvalue weighted by Gasteiger charge is -2.14. The van der Waals surface area contributed by atoms with Gasteiger partial charge in [0.05, 0.1) is 5.02 Å². The Bertz CT molecular complexity index is 634. The third-order valence-electron chi connectivity index (χ3n) is 3.09. The van der Waals surface area contributed by atoms with Gasteiger partial charge in [-0.05, 0) is 43.3 Å². The summed E-state index contributed by atoms with van der Waals surface area (Å²) in [6, 6.07) is 8.71. The molecule has 2 rings (SSSR count). The van der Waals surface area contributed by atoms with Crippen molar-refractivity contribution in [3.8, 4) is 11.5 Å². The number of nitrogens with one attached hydrogen (secondary N) is 1. The van der Waals surface area contributed by atoms with Crippen LogP contribution in [0.25, 0.3) is 0 Å². The van der Waals surface area contributed by atoms with Crippen LogP contribution in [0.15, 0.2) is 36.4 Å². The Morgan fingerprint density at radius 2 is 1.90 bits per heavy atom. The SMILES string of the molecule is CCNC(C)c1ccc(Oc2ccc(F)c(Cl)c2)c(F)c1. The lowest BCUT2D eigenvalue weighted by atomic mass is 10.1. The predicted octanol–water partition coefficient (Wildman–Crippen LogP) is 5.08. The molecule has 0 bridgehead atoms. The van der Waals surface area contributed by atoms with Crippen LogP contribution in [0.3, 0.4) is 0 Å². The zero-order chi connectivity index (χ0) is 15.4. The van der Waals surface area contributed by atoms with Gasteiger partial charge in [0.15, 0.2) is 11.6 Å². The molecular weight excluding hydrogens is 296 g/mol. The van der Waals surface area contributed by atoms with Crippen LogP contribution in [0.4, 0.5) is 8.78 Å². The molecule has 1 N–H and O–H groups in total. The summed E-state index contributed by atoms with van der Waals surface area (Å²) in [7, 11) is 0. The zero-order valence-electron chi connectivity index (χ0n) is 11.8. The summed E-state index contributed by atoms with van der Waals surface area (Å²) in [5.74, 6) is -0.657. The first-order chi connectivity index (χ1) is 10.0. The highest BCUT2D eigenvalue weighted by Gasteiger charge is 2.11. The summed E-state index contributed by atoms with van der Waals surface area (Å²) < 4.78 is 32.5. The second-order valence-electron chi connectivity index (χ2n) is 4.65. The number of halogens is 3. The van der Waals surface area contributed by atoms with Crippen molar-refractivity contribution in [3.05, 3.63) is 58.6 Å². The van der Waals surface area contributed by atoms with E-state index in [0.717, 1.165) is 12.1 Å². The van der Waals surface area contributed by atoms with Crippen molar-refractivity contribution >= 4 is 11.6 Å². The summed E-state index contributed by atoms with van der Waals surface area (Å²) in [4.78, 5) is 0. The molecular formula is C16H16ClF2NO. The standard InChI is InChI=1S/C16H16ClF2NO/c1-3-20-10(2)11-4-7-16(15(19)8-11)21-12-5-6-14(18)13(17)9-12/h4-10,20H,3H2,1-2H3. The summed E-state index contributed by atoms with van der Waals surface area (Å²) in [5, 5.41) is 3.14. The summed E-state index contributed by atoms with van der Waals surface area (Å²) >= 11 is 5.66. The molecule has 21 heavy (non-hydrogen) atoms. The number of hydrogen-bond acceptors (Lipinski definition) is 2. The summed E-state index contributed by atoms with van der Waals surface area (Å²) in [6.07, 6.45) is 0. The molecule has 0 aliphatic carbocycles. The molecule has 112 valence electrons. The molecule has 0 saturated carbocycles. The van der Waals surface area contributed by atoms with Crippen molar-refractivity contribution in [3.63, 3.8) is 0 Å². The largest absolute Gasteiger partial charge is 0.454 e. The average Bonchev–Trinajstić information content (AvgIpc) is 2.45. The average molecular weight is 312 g/mol. The number of ether oxygens (including phenoxy) is 1. The van der Waals surface area contributed by atoms with Crippen molar-refractivity contribution in [1.82, 2.24) is 5.32 Å². The minimum atomic E-state index is -0.542. The smallest absolute Gasteiger partial charge is 0.166 e. The lowest BCUT2D eigenvalue weighted by molar-refractivity contribution is 0.439. The van der Waals surface area contributed by atoms with Crippen LogP contribution >= 0.6 is 11.6 Å². The molecule has 0 fully saturated rings. The second kappa shape index (κ2) is 6.87. The van der Waals surface area contributed by atoms with Crippen molar-refractivity contribution in [2.75, 3.05) is 6.54 Å². The van der Waals surface area contributed by atoms with Gasteiger partial charge in [0.1, 0.15) is 11.6 Å². The Labute approximate surface area is 127 Å². The topological polar surface area (TPSA) is 21.3 Å². The van der Waals surface area contributed by atoms with Crippen LogP contribution < -0.4 is 10.1 Å². The van der Waals surface area contributed by atoms with Gasteiger partial charge in [-0.2, -0.15) is 0 Å². The van der Waals surface area contributed by atoms with Crippen LogP contribution in [-0.2, 0) is 0 Å². The first kappa shape index (κ1) is 15.7. The van der Waals surface area contributed by atoms with Gasteiger partial charge < -0.3 is 10.1 Å². The summed E-state index contributed by atoms with van der Waals surface area (Å²) in [5.41, 5.74) is 0.832. The van der Waals surface area contributed by atoms with Crippen LogP contribution in [0.2, 0.25) is 5.02 Å². The van der Waals surface area contributed by atoms with E-state index in [4.69, 9.17) is 16.3 Å². The third kappa shape index (κ3) is 3.93. The Morgan fingerprint density at radius 1 is 1.14 bits per heavy atom. The van der Waals surface area contributed by atoms with E-state index in [2.05, 4.69) is 5.32 Å². The van der Waals surface area contributed by atoms with Gasteiger partial charge >= 0.3 is 0 Å². The zero-order valence-corrected chi connectivity index (χ0v) is 12.5. The van der Waals surface area contributed by atoms with Gasteiger partial charge in [0, 0.05) is 12.1 Å². The van der Waals surface area contributed by atoms with Crippen LogP contribution in [-0.4, -0.2) is 6.54 Å². The lowest BCUT2D eigenvalue weighted by Crippen LogP contribution is -2.17. The maximum Gasteiger partial charge on any atom is 0.166 e. The Balaban J connectivity index is 2.19. The Kier molecular flexibility index (Phi) is 5.15. The fourth-order valence-electron chi connectivity index (χ4n) is 1.96. The van der Waals surface area contributed by atoms with Crippen molar-refractivity contribution in [1.29, 1.82) is 0 Å². The maximum absolute atomic E-state index is 14.1. The molecule has 2 nitrogen and oxygen atoms in total. The number of rotatable bonds is 5. The second-order valence-corrected chi connectivity index (χ2v) is 5.05. The molecule has 0 aromatic heterocycles. The minimum absolute atomic E-state index is 0.0545. The van der Waals surface area contributed by atoms with Crippen LogP contribution in [0.5, 0.6) is 11.5 Å². The van der Waals surface area contributed by atoms with Gasteiger partial charge in [-0.3, -0.25) is 0 Å². The first-order valence-electron chi connectivity index (χ1n) is 6.67. The molecule has 0 heterocycles. The third-order valence-corrected chi connectivity index (χ3v) is 3.37. The number of hydrogen-bond donors (Lipinski definition) is 1. The molecule has 0 aliphatic rings. The minimum Gasteiger partial charge on any atom is -0.454 e. The van der Waals surface area contributed by atoms with E-state index in [9.17, 15) is 8.78 Å². The molecule has 1 atom stereocenters. The van der Waals surface area contributed by atoms with E-state index in [1.54, 1.807) is 12.1 Å². The molecule has 2 aromatic rings. The Hall–Kier alpha value is -1.65. The van der Waals surface area contributed by atoms with Crippen LogP contribution in [0.1, 0.15) is 25.5 Å². The molecule has 0 aliphatic heterocycles. The molecule has 0 radical (unpaired) electrons. The van der Waals surface area contributed by atoms with Gasteiger partial charge in [-0.1, -0.05) is 24.6 Å². The van der Waals surface area contributed by atoms with E-state index in [-0.39, 0.29) is 22.6 Å². The van der Waals surface area contributed by atoms with Gasteiger partial charge in [-0.15, -0.1) is 0 Å². The fraction of sp³-hybridized carbons (Fsp3) is 0.250. The predicted molar refractivity (Wildman–Crippen MR) is 80.0 cm³/mol. The van der Waals surface area contributed by atoms with Crippen molar-refractivity contribution in [2.45, 2.75) is 19.9 Å². The molecule has 2 aromatic carbocycles. The van der Waals surface area contributed by atoms with Gasteiger partial charge in [-0.25, -0.2) is 8.78 Å². The molecule has 5 heteroatoms. The van der Waals surface area contributed by atoms with Crippen molar-refractivity contribution < 1.29 is 13.5 Å². The van der Waals surface area contributed by atoms with Crippen molar-refractivity contribution in [2.24, 2.45) is 0 Å². The fourth-order valence-corrected chi connectivity index (χ4v) is 2.13. The van der Waals surface area contributed by atoms with E-state index in [1.165, 1.54) is 24.3 Å². The molecule has 0 saturated heterocycles. The highest BCUT2D eigenvalue weighted by Crippen LogP contribution is 2.29. The molecule has 1 unspecified atom stereocenters.